The molecule has 6 heteroatoms. The van der Waals surface area contributed by atoms with E-state index in [1.807, 2.05) is 29.9 Å². The second-order valence-electron chi connectivity index (χ2n) is 8.46. The van der Waals surface area contributed by atoms with E-state index >= 15 is 0 Å². The fourth-order valence-electron chi connectivity index (χ4n) is 6.05. The first kappa shape index (κ1) is 16.1. The van der Waals surface area contributed by atoms with Gasteiger partial charge in [-0.15, -0.1) is 16.3 Å². The average Bonchev–Trinajstić information content (AvgIpc) is 3.08. The van der Waals surface area contributed by atoms with Crippen molar-refractivity contribution in [2.45, 2.75) is 38.5 Å². The highest BCUT2D eigenvalue weighted by atomic mass is 32.1. The van der Waals surface area contributed by atoms with E-state index in [2.05, 4.69) is 20.6 Å². The molecule has 4 saturated carbocycles. The van der Waals surface area contributed by atoms with Gasteiger partial charge in [0.25, 0.3) is 0 Å². The van der Waals surface area contributed by atoms with Crippen LogP contribution in [-0.2, 0) is 0 Å². The molecule has 1 heterocycles. The first-order chi connectivity index (χ1) is 12.7. The fourth-order valence-corrected chi connectivity index (χ4v) is 6.81. The van der Waals surface area contributed by atoms with Crippen LogP contribution < -0.4 is 10.6 Å². The Kier molecular flexibility index (Phi) is 3.86. The summed E-state index contributed by atoms with van der Waals surface area (Å²) < 4.78 is 1.09. The standard InChI is InChI=1S/C20H23N5S/c21-11-23-19(25-17-3-1-2-16-18(17)26-12-24-16)22-10-20-7-13-4-14(8-20)6-15(5-13)9-20/h1-3,12-15H,4-10H2,(H2,22,23,25). The van der Waals surface area contributed by atoms with Gasteiger partial charge in [-0.3, -0.25) is 0 Å². The molecular weight excluding hydrogens is 342 g/mol. The fraction of sp³-hybridized carbons (Fsp3) is 0.550. The number of hydrogen-bond donors (Lipinski definition) is 2. The summed E-state index contributed by atoms with van der Waals surface area (Å²) in [6, 6.07) is 5.99. The van der Waals surface area contributed by atoms with Crippen LogP contribution in [0.5, 0.6) is 0 Å². The van der Waals surface area contributed by atoms with Gasteiger partial charge in [-0.05, 0) is 73.8 Å². The average molecular weight is 366 g/mol. The molecule has 134 valence electrons. The number of nitrogens with zero attached hydrogens (tertiary/aromatic N) is 3. The van der Waals surface area contributed by atoms with Crippen LogP contribution >= 0.6 is 11.3 Å². The predicted octanol–water partition coefficient (Wildman–Crippen LogP) is 4.35. The molecule has 4 bridgehead atoms. The molecular formula is C20H23N5S. The van der Waals surface area contributed by atoms with Gasteiger partial charge < -0.3 is 10.6 Å². The summed E-state index contributed by atoms with van der Waals surface area (Å²) in [7, 11) is 0. The molecule has 0 atom stereocenters. The highest BCUT2D eigenvalue weighted by molar-refractivity contribution is 7.17. The number of rotatable bonds is 3. The van der Waals surface area contributed by atoms with Crippen molar-refractivity contribution in [3.8, 4) is 6.19 Å². The lowest BCUT2D eigenvalue weighted by Crippen LogP contribution is -2.51. The number of anilines is 1. The predicted molar refractivity (Wildman–Crippen MR) is 105 cm³/mol. The van der Waals surface area contributed by atoms with Gasteiger partial charge in [0.15, 0.2) is 0 Å². The van der Waals surface area contributed by atoms with E-state index in [0.717, 1.165) is 40.2 Å². The number of fused-ring (bicyclic) bond motifs is 1. The third-order valence-electron chi connectivity index (χ3n) is 6.57. The highest BCUT2D eigenvalue weighted by Crippen LogP contribution is 2.59. The highest BCUT2D eigenvalue weighted by Gasteiger charge is 2.50. The van der Waals surface area contributed by atoms with E-state index in [1.54, 1.807) is 11.3 Å². The number of nitriles is 1. The summed E-state index contributed by atoms with van der Waals surface area (Å²) in [4.78, 5) is 8.37. The van der Waals surface area contributed by atoms with E-state index in [1.165, 1.54) is 38.5 Å². The summed E-state index contributed by atoms with van der Waals surface area (Å²) in [5.41, 5.74) is 4.18. The number of hydrogen-bond acceptors (Lipinski definition) is 4. The van der Waals surface area contributed by atoms with E-state index in [0.29, 0.717) is 11.4 Å². The van der Waals surface area contributed by atoms with Crippen molar-refractivity contribution >= 4 is 33.2 Å². The lowest BCUT2D eigenvalue weighted by atomic mass is 9.49. The topological polar surface area (TPSA) is 73.1 Å². The molecule has 2 N–H and O–H groups in total. The summed E-state index contributed by atoms with van der Waals surface area (Å²) >= 11 is 1.60. The largest absolute Gasteiger partial charge is 0.355 e. The first-order valence-corrected chi connectivity index (χ1v) is 10.4. The molecule has 0 radical (unpaired) electrons. The third kappa shape index (κ3) is 2.84. The summed E-state index contributed by atoms with van der Waals surface area (Å²) in [5, 5.41) is 15.9. The maximum Gasteiger partial charge on any atom is 0.211 e. The zero-order chi connectivity index (χ0) is 17.6. The van der Waals surface area contributed by atoms with Crippen molar-refractivity contribution in [1.82, 2.24) is 10.3 Å². The minimum atomic E-state index is 0.406. The number of nitrogens with one attached hydrogen (secondary N) is 2. The minimum absolute atomic E-state index is 0.406. The number of benzene rings is 1. The molecule has 1 aromatic carbocycles. The molecule has 1 aromatic heterocycles. The van der Waals surface area contributed by atoms with Crippen LogP contribution in [0, 0.1) is 34.6 Å². The number of thiazole rings is 1. The molecule has 4 fully saturated rings. The maximum absolute atomic E-state index is 9.12. The number of aliphatic imine (C=N–C) groups is 1. The van der Waals surface area contributed by atoms with Gasteiger partial charge in [0.2, 0.25) is 12.2 Å². The van der Waals surface area contributed by atoms with Gasteiger partial charge in [0.1, 0.15) is 0 Å². The van der Waals surface area contributed by atoms with E-state index < -0.39 is 0 Å². The number of aromatic nitrogens is 1. The van der Waals surface area contributed by atoms with Crippen LogP contribution in [0.4, 0.5) is 5.69 Å². The molecule has 0 aliphatic heterocycles. The molecule has 4 aliphatic rings. The molecule has 5 nitrogen and oxygen atoms in total. The molecule has 26 heavy (non-hydrogen) atoms. The zero-order valence-corrected chi connectivity index (χ0v) is 15.6. The second-order valence-corrected chi connectivity index (χ2v) is 9.32. The summed E-state index contributed by atoms with van der Waals surface area (Å²) in [5.74, 6) is 3.35. The molecule has 0 saturated heterocycles. The van der Waals surface area contributed by atoms with Crippen LogP contribution in [0.2, 0.25) is 0 Å². The van der Waals surface area contributed by atoms with Crippen LogP contribution in [0.25, 0.3) is 10.2 Å². The summed E-state index contributed by atoms with van der Waals surface area (Å²) in [6.45, 7) is 0.919. The Morgan fingerprint density at radius 1 is 1.23 bits per heavy atom. The van der Waals surface area contributed by atoms with Gasteiger partial charge in [-0.1, -0.05) is 6.07 Å². The van der Waals surface area contributed by atoms with Gasteiger partial charge in [-0.2, -0.15) is 5.26 Å². The Bertz CT molecular complexity index is 858. The lowest BCUT2D eigenvalue weighted by Gasteiger charge is -2.57. The van der Waals surface area contributed by atoms with Crippen molar-refractivity contribution in [3.63, 3.8) is 0 Å². The Labute approximate surface area is 157 Å². The van der Waals surface area contributed by atoms with Crippen LogP contribution in [0.3, 0.4) is 0 Å². The van der Waals surface area contributed by atoms with E-state index in [4.69, 9.17) is 5.26 Å². The third-order valence-corrected chi connectivity index (χ3v) is 7.44. The Hall–Kier alpha value is -2.13. The SMILES string of the molecule is N#C/N=C(\NCC12CC3CC(CC(C3)C1)C2)Nc1cccc2ncsc12. The lowest BCUT2D eigenvalue weighted by molar-refractivity contribution is -0.0491. The van der Waals surface area contributed by atoms with Crippen LogP contribution in [0.15, 0.2) is 28.7 Å². The Morgan fingerprint density at radius 3 is 2.65 bits per heavy atom. The van der Waals surface area contributed by atoms with Crippen molar-refractivity contribution in [2.75, 3.05) is 11.9 Å². The van der Waals surface area contributed by atoms with Crippen molar-refractivity contribution < 1.29 is 0 Å². The maximum atomic E-state index is 9.12. The monoisotopic (exact) mass is 365 g/mol. The minimum Gasteiger partial charge on any atom is -0.355 e. The van der Waals surface area contributed by atoms with Crippen molar-refractivity contribution in [3.05, 3.63) is 23.7 Å². The molecule has 0 spiro atoms. The Morgan fingerprint density at radius 2 is 1.96 bits per heavy atom. The van der Waals surface area contributed by atoms with Gasteiger partial charge in [-0.25, -0.2) is 4.98 Å². The molecule has 6 rings (SSSR count). The quantitative estimate of drug-likeness (QED) is 0.482. The smallest absolute Gasteiger partial charge is 0.211 e. The van der Waals surface area contributed by atoms with Gasteiger partial charge in [0, 0.05) is 6.54 Å². The first-order valence-electron chi connectivity index (χ1n) is 9.53. The van der Waals surface area contributed by atoms with Gasteiger partial charge >= 0.3 is 0 Å². The normalized spacial score (nSPS) is 32.6. The molecule has 0 unspecified atom stereocenters. The number of guanidine groups is 1. The van der Waals surface area contributed by atoms with E-state index in [-0.39, 0.29) is 0 Å². The van der Waals surface area contributed by atoms with E-state index in [9.17, 15) is 0 Å². The second kappa shape index (κ2) is 6.24. The van der Waals surface area contributed by atoms with Crippen LogP contribution in [0.1, 0.15) is 38.5 Å². The van der Waals surface area contributed by atoms with Crippen molar-refractivity contribution in [1.29, 1.82) is 5.26 Å². The van der Waals surface area contributed by atoms with Crippen molar-refractivity contribution in [2.24, 2.45) is 28.2 Å². The molecule has 4 aliphatic carbocycles. The Balaban J connectivity index is 1.32. The van der Waals surface area contributed by atoms with Crippen LogP contribution in [-0.4, -0.2) is 17.5 Å². The molecule has 2 aromatic rings. The van der Waals surface area contributed by atoms with Gasteiger partial charge in [0.05, 0.1) is 21.4 Å². The molecule has 0 amide bonds. The zero-order valence-electron chi connectivity index (χ0n) is 14.7. The summed E-state index contributed by atoms with van der Waals surface area (Å²) in [6.07, 6.45) is 10.3.